The van der Waals surface area contributed by atoms with E-state index in [1.807, 2.05) is 36.4 Å². The van der Waals surface area contributed by atoms with E-state index in [2.05, 4.69) is 21.1 Å². The molecule has 7 nitrogen and oxygen atoms in total. The molecule has 11 heteroatoms. The fourth-order valence-electron chi connectivity index (χ4n) is 4.86. The molecule has 5 aromatic rings. The largest absolute Gasteiger partial charge is 0.477 e. The van der Waals surface area contributed by atoms with Crippen molar-refractivity contribution in [2.75, 3.05) is 0 Å². The van der Waals surface area contributed by atoms with Crippen LogP contribution in [0.15, 0.2) is 97.5 Å². The molecule has 217 valence electrons. The Labute approximate surface area is 253 Å². The minimum absolute atomic E-state index is 0. The summed E-state index contributed by atoms with van der Waals surface area (Å²) in [5.74, 6) is -1.01. The van der Waals surface area contributed by atoms with E-state index in [1.165, 1.54) is 6.07 Å². The number of alkyl halides is 3. The number of carbonyl (C=O) groups is 1. The van der Waals surface area contributed by atoms with Gasteiger partial charge in [0.2, 0.25) is 0 Å². The van der Waals surface area contributed by atoms with Crippen LogP contribution in [-0.2, 0) is 38.1 Å². The predicted octanol–water partition coefficient (Wildman–Crippen LogP) is 6.32. The first kappa shape index (κ1) is 30.7. The number of aromatic carboxylic acids is 1. The van der Waals surface area contributed by atoms with Gasteiger partial charge in [-0.1, -0.05) is 37.5 Å². The molecule has 42 heavy (non-hydrogen) atoms. The number of halogens is 3. The number of hydrogen-bond donors (Lipinski definition) is 1. The van der Waals surface area contributed by atoms with Gasteiger partial charge < -0.3 is 5.11 Å². The first-order chi connectivity index (χ1) is 19.8. The Morgan fingerprint density at radius 2 is 1.62 bits per heavy atom. The Bertz CT molecular complexity index is 1630. The van der Waals surface area contributed by atoms with Gasteiger partial charge in [-0.15, -0.1) is 0 Å². The molecule has 4 aromatic heterocycles. The number of benzene rings is 1. The third kappa shape index (κ3) is 6.64. The second kappa shape index (κ2) is 13.2. The number of aromatic nitrogens is 5. The van der Waals surface area contributed by atoms with Crippen molar-refractivity contribution in [1.82, 2.24) is 24.7 Å². The number of rotatable bonds is 10. The molecule has 0 spiro atoms. The Morgan fingerprint density at radius 3 is 2.29 bits per heavy atom. The normalized spacial score (nSPS) is 12.7. The molecule has 5 rings (SSSR count). The van der Waals surface area contributed by atoms with Crippen molar-refractivity contribution in [1.29, 1.82) is 0 Å². The summed E-state index contributed by atoms with van der Waals surface area (Å²) in [5.41, 5.74) is 0.392. The molecule has 0 saturated heterocycles. The summed E-state index contributed by atoms with van der Waals surface area (Å²) in [4.78, 5) is 25.8. The molecular formula is C31H25F3IrN5O2-. The van der Waals surface area contributed by atoms with E-state index in [0.717, 1.165) is 35.5 Å². The van der Waals surface area contributed by atoms with Crippen LogP contribution in [0.1, 0.15) is 58.0 Å². The van der Waals surface area contributed by atoms with Crippen LogP contribution < -0.4 is 0 Å². The SMILES string of the molecule is O=C(O)c1cccc(C(CCCCc2[c-]cccc2)(c2ccccn2)c2cccc(-n3cc(C(F)(F)F)cn3)n2)n1.[Ir]. The summed E-state index contributed by atoms with van der Waals surface area (Å²) in [6, 6.07) is 26.2. The van der Waals surface area contributed by atoms with E-state index in [4.69, 9.17) is 4.98 Å². The first-order valence-corrected chi connectivity index (χ1v) is 12.9. The second-order valence-electron chi connectivity index (χ2n) is 9.48. The van der Waals surface area contributed by atoms with Crippen molar-refractivity contribution < 1.29 is 43.2 Å². The maximum Gasteiger partial charge on any atom is 0.419 e. The van der Waals surface area contributed by atoms with Gasteiger partial charge in [-0.3, -0.25) is 4.98 Å². The number of hydrogen-bond acceptors (Lipinski definition) is 5. The Hall–Kier alpha value is -4.21. The zero-order valence-electron chi connectivity index (χ0n) is 22.1. The van der Waals surface area contributed by atoms with Gasteiger partial charge in [0.05, 0.1) is 34.3 Å². The molecule has 0 fully saturated rings. The van der Waals surface area contributed by atoms with Gasteiger partial charge in [0, 0.05) is 32.5 Å². The molecule has 1 unspecified atom stereocenters. The molecule has 0 bridgehead atoms. The van der Waals surface area contributed by atoms with Gasteiger partial charge >= 0.3 is 12.1 Å². The topological polar surface area (TPSA) is 93.8 Å². The average molecular weight is 749 g/mol. The standard InChI is InChI=1S/C31H25F3N5O2.Ir/c32-31(33,34)23-20-36-39(21-23)28-17-9-16-27(38-28)30(25-14-5-7-19-35-25,26-15-8-13-24(37-26)29(40)41)18-6-4-12-22-10-2-1-3-11-22;/h1-3,5,7-10,13-17,19-21H,4,6,12,18H2,(H,40,41);/q-1;. The van der Waals surface area contributed by atoms with E-state index >= 15 is 0 Å². The Kier molecular flexibility index (Phi) is 9.65. The maximum absolute atomic E-state index is 13.3. The van der Waals surface area contributed by atoms with Crippen molar-refractivity contribution in [2.45, 2.75) is 37.3 Å². The number of carboxylic acids is 1. The molecule has 0 aliphatic rings. The minimum Gasteiger partial charge on any atom is -0.477 e. The maximum atomic E-state index is 13.3. The van der Waals surface area contributed by atoms with Gasteiger partial charge in [-0.25, -0.2) is 19.4 Å². The summed E-state index contributed by atoms with van der Waals surface area (Å²) >= 11 is 0. The number of nitrogens with zero attached hydrogens (tertiary/aromatic N) is 5. The van der Waals surface area contributed by atoms with Crippen LogP contribution in [0.2, 0.25) is 0 Å². The number of aryl methyl sites for hydroxylation is 1. The average Bonchev–Trinajstić information content (AvgIpc) is 3.50. The van der Waals surface area contributed by atoms with Crippen LogP contribution in [-0.4, -0.2) is 35.8 Å². The van der Waals surface area contributed by atoms with E-state index in [0.29, 0.717) is 29.9 Å². The van der Waals surface area contributed by atoms with Crippen LogP contribution >= 0.6 is 0 Å². The molecule has 1 aromatic carbocycles. The van der Waals surface area contributed by atoms with Gasteiger partial charge in [0.15, 0.2) is 5.82 Å². The van der Waals surface area contributed by atoms with Crippen molar-refractivity contribution in [3.05, 3.63) is 137 Å². The molecule has 1 N–H and O–H groups in total. The van der Waals surface area contributed by atoms with E-state index in [-0.39, 0.29) is 31.6 Å². The molecule has 4 heterocycles. The van der Waals surface area contributed by atoms with E-state index < -0.39 is 23.1 Å². The molecule has 0 saturated carbocycles. The Balaban J connectivity index is 0.00000405. The number of pyridine rings is 3. The first-order valence-electron chi connectivity index (χ1n) is 12.9. The van der Waals surface area contributed by atoms with Gasteiger partial charge in [-0.2, -0.15) is 54.2 Å². The van der Waals surface area contributed by atoms with E-state index in [1.54, 1.807) is 42.6 Å². The van der Waals surface area contributed by atoms with Gasteiger partial charge in [-0.05, 0) is 42.8 Å². The minimum atomic E-state index is -4.55. The predicted molar refractivity (Wildman–Crippen MR) is 145 cm³/mol. The summed E-state index contributed by atoms with van der Waals surface area (Å²) in [6.45, 7) is 0. The van der Waals surface area contributed by atoms with Crippen LogP contribution in [0.3, 0.4) is 0 Å². The summed E-state index contributed by atoms with van der Waals surface area (Å²) in [6.07, 6.45) is 1.43. The summed E-state index contributed by atoms with van der Waals surface area (Å²) < 4.78 is 40.9. The van der Waals surface area contributed by atoms with Crippen LogP contribution in [0.4, 0.5) is 13.2 Å². The second-order valence-corrected chi connectivity index (χ2v) is 9.48. The zero-order valence-corrected chi connectivity index (χ0v) is 24.5. The molecule has 0 aliphatic heterocycles. The summed E-state index contributed by atoms with van der Waals surface area (Å²) in [5, 5.41) is 13.6. The van der Waals surface area contributed by atoms with Gasteiger partial charge in [0.25, 0.3) is 0 Å². The van der Waals surface area contributed by atoms with E-state index in [9.17, 15) is 23.1 Å². The van der Waals surface area contributed by atoms with Crippen molar-refractivity contribution in [2.24, 2.45) is 0 Å². The van der Waals surface area contributed by atoms with Crippen molar-refractivity contribution in [3.63, 3.8) is 0 Å². The molecule has 0 amide bonds. The zero-order chi connectivity index (χ0) is 28.9. The van der Waals surface area contributed by atoms with Crippen LogP contribution in [0.25, 0.3) is 5.82 Å². The fourth-order valence-corrected chi connectivity index (χ4v) is 4.86. The number of carboxylic acid groups (broad SMARTS) is 1. The molecule has 1 atom stereocenters. The monoisotopic (exact) mass is 749 g/mol. The van der Waals surface area contributed by atoms with Crippen molar-refractivity contribution in [3.8, 4) is 5.82 Å². The fraction of sp³-hybridized carbons (Fsp3) is 0.194. The van der Waals surface area contributed by atoms with Gasteiger partial charge in [0.1, 0.15) is 5.69 Å². The molecule has 1 radical (unpaired) electrons. The molecule has 0 aliphatic carbocycles. The summed E-state index contributed by atoms with van der Waals surface area (Å²) in [7, 11) is 0. The van der Waals surface area contributed by atoms with Crippen molar-refractivity contribution >= 4 is 5.97 Å². The third-order valence-corrected chi connectivity index (χ3v) is 6.85. The van der Waals surface area contributed by atoms with Crippen LogP contribution in [0.5, 0.6) is 0 Å². The number of unbranched alkanes of at least 4 members (excludes halogenated alkanes) is 1. The smallest absolute Gasteiger partial charge is 0.419 e. The third-order valence-electron chi connectivity index (χ3n) is 6.85. The quantitative estimate of drug-likeness (QED) is 0.133. The molecular weight excluding hydrogens is 724 g/mol. The van der Waals surface area contributed by atoms with Crippen LogP contribution in [0, 0.1) is 6.07 Å². The Morgan fingerprint density at radius 1 is 0.881 bits per heavy atom.